The minimum absolute atomic E-state index is 0.0171. The van der Waals surface area contributed by atoms with Gasteiger partial charge in [-0.25, -0.2) is 0 Å². The molecule has 0 bridgehead atoms. The van der Waals surface area contributed by atoms with E-state index in [9.17, 15) is 4.79 Å². The van der Waals surface area contributed by atoms with E-state index in [1.54, 1.807) is 20.3 Å². The van der Waals surface area contributed by atoms with Gasteiger partial charge in [0.05, 0.1) is 14.2 Å². The monoisotopic (exact) mass is 264 g/mol. The normalized spacial score (nSPS) is 22.3. The maximum absolute atomic E-state index is 12.6. The molecule has 4 heteroatoms. The molecular formula is C15H20O4. The highest BCUT2D eigenvalue weighted by Gasteiger charge is 2.39. The lowest BCUT2D eigenvalue weighted by Crippen LogP contribution is -2.34. The molecule has 0 N–H and O–H groups in total. The fourth-order valence-electron chi connectivity index (χ4n) is 2.47. The van der Waals surface area contributed by atoms with Crippen molar-refractivity contribution in [1.29, 1.82) is 0 Å². The van der Waals surface area contributed by atoms with Gasteiger partial charge in [-0.3, -0.25) is 4.79 Å². The Morgan fingerprint density at radius 2 is 1.89 bits per heavy atom. The van der Waals surface area contributed by atoms with E-state index >= 15 is 0 Å². The van der Waals surface area contributed by atoms with Gasteiger partial charge in [0.15, 0.2) is 17.3 Å². The van der Waals surface area contributed by atoms with Gasteiger partial charge in [-0.2, -0.15) is 0 Å². The summed E-state index contributed by atoms with van der Waals surface area (Å²) < 4.78 is 16.1. The number of carbonyl (C=O) groups excluding carboxylic acids is 1. The second kappa shape index (κ2) is 5.21. The molecule has 0 spiro atoms. The summed E-state index contributed by atoms with van der Waals surface area (Å²) in [6.45, 7) is 4.40. The van der Waals surface area contributed by atoms with Gasteiger partial charge < -0.3 is 14.2 Å². The van der Waals surface area contributed by atoms with Crippen molar-refractivity contribution in [2.45, 2.75) is 32.3 Å². The fraction of sp³-hybridized carbons (Fsp3) is 0.533. The molecule has 0 radical (unpaired) electrons. The minimum Gasteiger partial charge on any atom is -0.493 e. The quantitative estimate of drug-likeness (QED) is 0.784. The Hall–Kier alpha value is -1.55. The summed E-state index contributed by atoms with van der Waals surface area (Å²) in [7, 11) is 3.15. The molecule has 0 aromatic heterocycles. The zero-order valence-electron chi connectivity index (χ0n) is 11.9. The van der Waals surface area contributed by atoms with Crippen LogP contribution in [0, 0.1) is 6.92 Å². The molecule has 1 saturated heterocycles. The highest BCUT2D eigenvalue weighted by Crippen LogP contribution is 2.35. The Kier molecular flexibility index (Phi) is 3.80. The number of hydrogen-bond donors (Lipinski definition) is 0. The van der Waals surface area contributed by atoms with Crippen LogP contribution in [0.2, 0.25) is 0 Å². The van der Waals surface area contributed by atoms with Gasteiger partial charge in [0.1, 0.15) is 5.60 Å². The van der Waals surface area contributed by atoms with Crippen molar-refractivity contribution in [3.63, 3.8) is 0 Å². The number of methoxy groups -OCH3 is 2. The lowest BCUT2D eigenvalue weighted by molar-refractivity contribution is 0.0212. The molecule has 1 aromatic rings. The number of aryl methyl sites for hydroxylation is 1. The second-order valence-electron chi connectivity index (χ2n) is 5.03. The van der Waals surface area contributed by atoms with Crippen LogP contribution >= 0.6 is 0 Å². The number of hydrogen-bond acceptors (Lipinski definition) is 4. The molecule has 2 rings (SSSR count). The van der Waals surface area contributed by atoms with Crippen LogP contribution in [0.1, 0.15) is 35.7 Å². The summed E-state index contributed by atoms with van der Waals surface area (Å²) in [5.74, 6) is 1.22. The molecule has 0 aliphatic carbocycles. The van der Waals surface area contributed by atoms with Gasteiger partial charge in [0.25, 0.3) is 0 Å². The van der Waals surface area contributed by atoms with Crippen molar-refractivity contribution in [3.05, 3.63) is 23.3 Å². The zero-order chi connectivity index (χ0) is 14.0. The predicted molar refractivity (Wildman–Crippen MR) is 72.2 cm³/mol. The minimum atomic E-state index is -0.704. The number of ketones is 1. The first-order valence-corrected chi connectivity index (χ1v) is 6.43. The van der Waals surface area contributed by atoms with Crippen LogP contribution in [0.5, 0.6) is 11.5 Å². The van der Waals surface area contributed by atoms with Crippen LogP contribution in [0.15, 0.2) is 12.1 Å². The first-order valence-electron chi connectivity index (χ1n) is 6.43. The SMILES string of the molecule is COc1cc(C)c(C(=O)C2(C)CCCO2)cc1OC. The van der Waals surface area contributed by atoms with E-state index < -0.39 is 5.60 Å². The predicted octanol–water partition coefficient (Wildman–Crippen LogP) is 2.76. The first-order chi connectivity index (χ1) is 9.01. The van der Waals surface area contributed by atoms with E-state index in [1.807, 2.05) is 19.9 Å². The molecule has 1 unspecified atom stereocenters. The summed E-state index contributed by atoms with van der Waals surface area (Å²) in [5, 5.41) is 0. The fourth-order valence-corrected chi connectivity index (χ4v) is 2.47. The molecule has 1 aliphatic rings. The Bertz CT molecular complexity index is 487. The van der Waals surface area contributed by atoms with Crippen molar-refractivity contribution in [2.24, 2.45) is 0 Å². The van der Waals surface area contributed by atoms with Gasteiger partial charge in [0, 0.05) is 12.2 Å². The molecule has 4 nitrogen and oxygen atoms in total. The number of ether oxygens (including phenoxy) is 3. The second-order valence-corrected chi connectivity index (χ2v) is 5.03. The largest absolute Gasteiger partial charge is 0.493 e. The molecule has 1 fully saturated rings. The average molecular weight is 264 g/mol. The molecule has 1 atom stereocenters. The molecule has 0 amide bonds. The van der Waals surface area contributed by atoms with Crippen molar-refractivity contribution >= 4 is 5.78 Å². The number of benzene rings is 1. The first kappa shape index (κ1) is 13.9. The van der Waals surface area contributed by atoms with Crippen molar-refractivity contribution < 1.29 is 19.0 Å². The number of Topliss-reactive ketones (excluding diaryl/α,β-unsaturated/α-hetero) is 1. The van der Waals surface area contributed by atoms with Crippen LogP contribution < -0.4 is 9.47 Å². The van der Waals surface area contributed by atoms with E-state index in [-0.39, 0.29) is 5.78 Å². The van der Waals surface area contributed by atoms with Gasteiger partial charge in [0.2, 0.25) is 0 Å². The van der Waals surface area contributed by atoms with Gasteiger partial charge in [-0.1, -0.05) is 0 Å². The topological polar surface area (TPSA) is 44.8 Å². The van der Waals surface area contributed by atoms with Crippen molar-refractivity contribution in [2.75, 3.05) is 20.8 Å². The molecule has 104 valence electrons. The lowest BCUT2D eigenvalue weighted by atomic mass is 9.89. The van der Waals surface area contributed by atoms with Gasteiger partial charge >= 0.3 is 0 Å². The highest BCUT2D eigenvalue weighted by molar-refractivity contribution is 6.04. The summed E-state index contributed by atoms with van der Waals surface area (Å²) in [5.41, 5.74) is 0.811. The molecule has 1 aromatic carbocycles. The Labute approximate surface area is 113 Å². The van der Waals surface area contributed by atoms with E-state index in [4.69, 9.17) is 14.2 Å². The van der Waals surface area contributed by atoms with Crippen molar-refractivity contribution in [3.8, 4) is 11.5 Å². The van der Waals surface area contributed by atoms with E-state index in [0.717, 1.165) is 18.4 Å². The smallest absolute Gasteiger partial charge is 0.194 e. The summed E-state index contributed by atoms with van der Waals surface area (Å²) >= 11 is 0. The van der Waals surface area contributed by atoms with Gasteiger partial charge in [-0.15, -0.1) is 0 Å². The average Bonchev–Trinajstić information content (AvgIpc) is 2.85. The molecule has 1 aliphatic heterocycles. The highest BCUT2D eigenvalue weighted by atomic mass is 16.5. The Balaban J connectivity index is 2.42. The van der Waals surface area contributed by atoms with E-state index in [0.29, 0.717) is 23.7 Å². The van der Waals surface area contributed by atoms with Gasteiger partial charge in [-0.05, 0) is 44.4 Å². The zero-order valence-corrected chi connectivity index (χ0v) is 11.9. The third-order valence-corrected chi connectivity index (χ3v) is 3.67. The lowest BCUT2D eigenvalue weighted by Gasteiger charge is -2.23. The van der Waals surface area contributed by atoms with Crippen LogP contribution in [-0.2, 0) is 4.74 Å². The van der Waals surface area contributed by atoms with E-state index in [1.165, 1.54) is 0 Å². The third-order valence-electron chi connectivity index (χ3n) is 3.67. The van der Waals surface area contributed by atoms with E-state index in [2.05, 4.69) is 0 Å². The summed E-state index contributed by atoms with van der Waals surface area (Å²) in [4.78, 5) is 12.6. The number of rotatable bonds is 4. The summed E-state index contributed by atoms with van der Waals surface area (Å²) in [6, 6.07) is 3.56. The van der Waals surface area contributed by atoms with Crippen LogP contribution in [0.3, 0.4) is 0 Å². The standard InChI is InChI=1S/C15H20O4/c1-10-8-12(17-3)13(18-4)9-11(10)14(16)15(2)6-5-7-19-15/h8-9H,5-7H2,1-4H3. The maximum Gasteiger partial charge on any atom is 0.194 e. The molecule has 1 heterocycles. The van der Waals surface area contributed by atoms with Crippen LogP contribution in [0.25, 0.3) is 0 Å². The van der Waals surface area contributed by atoms with Crippen molar-refractivity contribution in [1.82, 2.24) is 0 Å². The Morgan fingerprint density at radius 3 is 2.42 bits per heavy atom. The third kappa shape index (κ3) is 2.45. The Morgan fingerprint density at radius 1 is 1.26 bits per heavy atom. The molecular weight excluding hydrogens is 244 g/mol. The summed E-state index contributed by atoms with van der Waals surface area (Å²) in [6.07, 6.45) is 1.69. The number of carbonyl (C=O) groups is 1. The van der Waals surface area contributed by atoms with Crippen LogP contribution in [0.4, 0.5) is 0 Å². The maximum atomic E-state index is 12.6. The molecule has 19 heavy (non-hydrogen) atoms. The van der Waals surface area contributed by atoms with Crippen LogP contribution in [-0.4, -0.2) is 32.2 Å². The molecule has 0 saturated carbocycles.